The van der Waals surface area contributed by atoms with E-state index in [1.165, 1.54) is 0 Å². The molecule has 0 saturated carbocycles. The zero-order valence-electron chi connectivity index (χ0n) is 14.0. The maximum atomic E-state index is 12.2. The number of nitrogens with one attached hydrogen (secondary N) is 1. The Hall–Kier alpha value is -2.11. The number of carbonyl (C=O) groups is 1. The number of carbonyl (C=O) groups excluding carboxylic acids is 1. The number of hydrogen-bond acceptors (Lipinski definition) is 4. The standard InChI is InChI=1S/C18H19Cl2NO4/c1-3-23-12-8-9-15(24-4-2)14(10-12)21-17(22)11-25-16-7-5-6-13(19)18(16)20/h5-10H,3-4,11H2,1-2H3,(H,21,22). The summed E-state index contributed by atoms with van der Waals surface area (Å²) in [7, 11) is 0. The highest BCUT2D eigenvalue weighted by Crippen LogP contribution is 2.32. The molecule has 2 aromatic carbocycles. The summed E-state index contributed by atoms with van der Waals surface area (Å²) >= 11 is 12.0. The Balaban J connectivity index is 2.05. The summed E-state index contributed by atoms with van der Waals surface area (Å²) in [6.45, 7) is 4.54. The van der Waals surface area contributed by atoms with Crippen LogP contribution in [0.2, 0.25) is 10.0 Å². The highest BCUT2D eigenvalue weighted by Gasteiger charge is 2.12. The molecule has 5 nitrogen and oxygen atoms in total. The van der Waals surface area contributed by atoms with E-state index in [0.29, 0.717) is 41.2 Å². The van der Waals surface area contributed by atoms with E-state index in [9.17, 15) is 4.79 Å². The van der Waals surface area contributed by atoms with Crippen LogP contribution >= 0.6 is 23.2 Å². The number of benzene rings is 2. The minimum Gasteiger partial charge on any atom is -0.494 e. The first-order chi connectivity index (χ1) is 12.0. The average molecular weight is 384 g/mol. The Bertz CT molecular complexity index is 737. The van der Waals surface area contributed by atoms with Crippen molar-refractivity contribution in [3.8, 4) is 17.2 Å². The van der Waals surface area contributed by atoms with Crippen molar-refractivity contribution in [2.24, 2.45) is 0 Å². The lowest BCUT2D eigenvalue weighted by molar-refractivity contribution is -0.118. The number of amides is 1. The molecule has 0 bridgehead atoms. The number of anilines is 1. The highest BCUT2D eigenvalue weighted by molar-refractivity contribution is 6.42. The van der Waals surface area contributed by atoms with Gasteiger partial charge in [-0.1, -0.05) is 29.3 Å². The molecular weight excluding hydrogens is 365 g/mol. The lowest BCUT2D eigenvalue weighted by atomic mass is 10.2. The van der Waals surface area contributed by atoms with Crippen molar-refractivity contribution in [3.05, 3.63) is 46.4 Å². The van der Waals surface area contributed by atoms with Crippen LogP contribution in [-0.4, -0.2) is 25.7 Å². The normalized spacial score (nSPS) is 10.2. The highest BCUT2D eigenvalue weighted by atomic mass is 35.5. The zero-order chi connectivity index (χ0) is 18.2. The van der Waals surface area contributed by atoms with Gasteiger partial charge in [0.15, 0.2) is 6.61 Å². The SMILES string of the molecule is CCOc1ccc(OCC)c(NC(=O)COc2cccc(Cl)c2Cl)c1. The second-order valence-corrected chi connectivity index (χ2v) is 5.70. The van der Waals surface area contributed by atoms with Gasteiger partial charge in [-0.25, -0.2) is 0 Å². The topological polar surface area (TPSA) is 56.8 Å². The zero-order valence-corrected chi connectivity index (χ0v) is 15.5. The van der Waals surface area contributed by atoms with Crippen LogP contribution in [0.3, 0.4) is 0 Å². The first kappa shape index (κ1) is 19.2. The molecule has 0 atom stereocenters. The fourth-order valence-corrected chi connectivity index (χ4v) is 2.42. The molecule has 0 aromatic heterocycles. The van der Waals surface area contributed by atoms with E-state index < -0.39 is 0 Å². The van der Waals surface area contributed by atoms with E-state index in [4.69, 9.17) is 37.4 Å². The van der Waals surface area contributed by atoms with Crippen LogP contribution < -0.4 is 19.5 Å². The summed E-state index contributed by atoms with van der Waals surface area (Å²) in [5.74, 6) is 1.18. The van der Waals surface area contributed by atoms with Gasteiger partial charge in [0.1, 0.15) is 22.3 Å². The van der Waals surface area contributed by atoms with E-state index in [2.05, 4.69) is 5.32 Å². The van der Waals surface area contributed by atoms with Gasteiger partial charge in [0.25, 0.3) is 5.91 Å². The molecule has 25 heavy (non-hydrogen) atoms. The van der Waals surface area contributed by atoms with Crippen molar-refractivity contribution in [3.63, 3.8) is 0 Å². The van der Waals surface area contributed by atoms with Crippen molar-refractivity contribution in [1.82, 2.24) is 0 Å². The Morgan fingerprint density at radius 1 is 1.00 bits per heavy atom. The maximum absolute atomic E-state index is 12.2. The third-order valence-electron chi connectivity index (χ3n) is 3.11. The van der Waals surface area contributed by atoms with E-state index in [-0.39, 0.29) is 17.5 Å². The van der Waals surface area contributed by atoms with Crippen molar-refractivity contribution < 1.29 is 19.0 Å². The molecule has 0 heterocycles. The molecule has 2 rings (SSSR count). The molecule has 2 aromatic rings. The summed E-state index contributed by atoms with van der Waals surface area (Å²) in [4.78, 5) is 12.2. The Kier molecular flexibility index (Phi) is 7.22. The molecule has 0 fully saturated rings. The molecule has 0 aliphatic heterocycles. The Morgan fingerprint density at radius 2 is 1.76 bits per heavy atom. The fourth-order valence-electron chi connectivity index (χ4n) is 2.07. The van der Waals surface area contributed by atoms with Gasteiger partial charge in [-0.3, -0.25) is 4.79 Å². The molecular formula is C18H19Cl2NO4. The van der Waals surface area contributed by atoms with E-state index in [0.717, 1.165) is 0 Å². The van der Waals surface area contributed by atoms with Gasteiger partial charge in [0.2, 0.25) is 0 Å². The van der Waals surface area contributed by atoms with Crippen LogP contribution in [0, 0.1) is 0 Å². The van der Waals surface area contributed by atoms with Crippen LogP contribution in [0.25, 0.3) is 0 Å². The summed E-state index contributed by atoms with van der Waals surface area (Å²) in [5, 5.41) is 3.39. The van der Waals surface area contributed by atoms with Crippen LogP contribution in [0.15, 0.2) is 36.4 Å². The first-order valence-corrected chi connectivity index (χ1v) is 8.57. The third kappa shape index (κ3) is 5.44. The molecule has 1 amide bonds. The molecule has 0 aliphatic carbocycles. The Morgan fingerprint density at radius 3 is 2.48 bits per heavy atom. The largest absolute Gasteiger partial charge is 0.494 e. The first-order valence-electron chi connectivity index (χ1n) is 7.81. The van der Waals surface area contributed by atoms with Gasteiger partial charge in [-0.15, -0.1) is 0 Å². The van der Waals surface area contributed by atoms with Crippen LogP contribution in [-0.2, 0) is 4.79 Å². The van der Waals surface area contributed by atoms with E-state index >= 15 is 0 Å². The molecule has 0 radical (unpaired) electrons. The summed E-state index contributed by atoms with van der Waals surface area (Å²) < 4.78 is 16.4. The molecule has 7 heteroatoms. The minimum atomic E-state index is -0.356. The fraction of sp³-hybridized carbons (Fsp3) is 0.278. The van der Waals surface area contributed by atoms with E-state index in [1.807, 2.05) is 13.8 Å². The van der Waals surface area contributed by atoms with E-state index in [1.54, 1.807) is 36.4 Å². The smallest absolute Gasteiger partial charge is 0.262 e. The number of halogens is 2. The molecule has 0 spiro atoms. The Labute approximate surface area is 156 Å². The minimum absolute atomic E-state index is 0.218. The summed E-state index contributed by atoms with van der Waals surface area (Å²) in [6.07, 6.45) is 0. The van der Waals surface area contributed by atoms with Crippen LogP contribution in [0.4, 0.5) is 5.69 Å². The van der Waals surface area contributed by atoms with Crippen LogP contribution in [0.5, 0.6) is 17.2 Å². The molecule has 0 saturated heterocycles. The summed E-state index contributed by atoms with van der Waals surface area (Å²) in [5.41, 5.74) is 0.513. The lowest BCUT2D eigenvalue weighted by Gasteiger charge is -2.14. The quantitative estimate of drug-likeness (QED) is 0.710. The van der Waals surface area contributed by atoms with Gasteiger partial charge in [-0.2, -0.15) is 0 Å². The van der Waals surface area contributed by atoms with Gasteiger partial charge in [0, 0.05) is 6.07 Å². The van der Waals surface area contributed by atoms with Crippen molar-refractivity contribution in [2.75, 3.05) is 25.1 Å². The third-order valence-corrected chi connectivity index (χ3v) is 3.91. The van der Waals surface area contributed by atoms with Crippen molar-refractivity contribution in [2.45, 2.75) is 13.8 Å². The molecule has 0 unspecified atom stereocenters. The monoisotopic (exact) mass is 383 g/mol. The second-order valence-electron chi connectivity index (χ2n) is 4.91. The van der Waals surface area contributed by atoms with Gasteiger partial charge in [-0.05, 0) is 38.1 Å². The molecule has 134 valence electrons. The molecule has 0 aliphatic rings. The second kappa shape index (κ2) is 9.39. The average Bonchev–Trinajstić information content (AvgIpc) is 2.59. The molecule has 1 N–H and O–H groups in total. The predicted molar refractivity (Wildman–Crippen MR) is 99.4 cm³/mol. The summed E-state index contributed by atoms with van der Waals surface area (Å²) in [6, 6.07) is 10.2. The maximum Gasteiger partial charge on any atom is 0.262 e. The number of rotatable bonds is 8. The number of hydrogen-bond donors (Lipinski definition) is 1. The van der Waals surface area contributed by atoms with Crippen molar-refractivity contribution >= 4 is 34.8 Å². The lowest BCUT2D eigenvalue weighted by Crippen LogP contribution is -2.20. The van der Waals surface area contributed by atoms with Crippen LogP contribution in [0.1, 0.15) is 13.8 Å². The van der Waals surface area contributed by atoms with Gasteiger partial charge >= 0.3 is 0 Å². The predicted octanol–water partition coefficient (Wildman–Crippen LogP) is 4.81. The van der Waals surface area contributed by atoms with Gasteiger partial charge in [0.05, 0.1) is 23.9 Å². The number of ether oxygens (including phenoxy) is 3. The van der Waals surface area contributed by atoms with Crippen molar-refractivity contribution in [1.29, 1.82) is 0 Å². The van der Waals surface area contributed by atoms with Gasteiger partial charge < -0.3 is 19.5 Å².